The van der Waals surface area contributed by atoms with E-state index in [0.29, 0.717) is 10.6 Å². The predicted molar refractivity (Wildman–Crippen MR) is 120 cm³/mol. The van der Waals surface area contributed by atoms with E-state index in [9.17, 15) is 13.2 Å². The number of fused-ring (bicyclic) bond motifs is 1. The van der Waals surface area contributed by atoms with Crippen molar-refractivity contribution in [3.05, 3.63) is 74.5 Å². The van der Waals surface area contributed by atoms with Gasteiger partial charge in [0.2, 0.25) is 10.0 Å². The summed E-state index contributed by atoms with van der Waals surface area (Å²) in [5.74, 6) is 0. The summed E-state index contributed by atoms with van der Waals surface area (Å²) in [5.41, 5.74) is 2.82. The molecule has 1 aliphatic carbocycles. The van der Waals surface area contributed by atoms with Crippen molar-refractivity contribution in [3.63, 3.8) is 0 Å². The van der Waals surface area contributed by atoms with Gasteiger partial charge >= 0.3 is 0 Å². The summed E-state index contributed by atoms with van der Waals surface area (Å²) < 4.78 is 28.6. The van der Waals surface area contributed by atoms with Crippen LogP contribution in [0.4, 0.5) is 0 Å². The normalized spacial score (nSPS) is 15.3. The Labute approximate surface area is 181 Å². The van der Waals surface area contributed by atoms with E-state index < -0.39 is 10.0 Å². The maximum Gasteiger partial charge on any atom is 0.252 e. The zero-order valence-electron chi connectivity index (χ0n) is 17.1. The molecular weight excluding hydrogens is 420 g/mol. The van der Waals surface area contributed by atoms with Crippen molar-refractivity contribution in [1.29, 1.82) is 0 Å². The van der Waals surface area contributed by atoms with Crippen LogP contribution in [0.1, 0.15) is 42.4 Å². The molecule has 0 atom stereocenters. The summed E-state index contributed by atoms with van der Waals surface area (Å²) in [4.78, 5) is 15.8. The third-order valence-corrected chi connectivity index (χ3v) is 8.19. The number of pyridine rings is 1. The summed E-state index contributed by atoms with van der Waals surface area (Å²) in [6.45, 7) is 3.84. The Hall–Kier alpha value is -2.15. The van der Waals surface area contributed by atoms with E-state index in [1.807, 2.05) is 32.0 Å². The van der Waals surface area contributed by atoms with Gasteiger partial charge in [0.25, 0.3) is 5.56 Å². The molecular formula is C23H25ClN2O3S. The number of aromatic nitrogens is 1. The van der Waals surface area contributed by atoms with Crippen molar-refractivity contribution in [2.24, 2.45) is 0 Å². The fraction of sp³-hybridized carbons (Fsp3) is 0.348. The Morgan fingerprint density at radius 2 is 1.80 bits per heavy atom. The molecule has 7 heteroatoms. The number of halogens is 1. The molecule has 0 saturated heterocycles. The smallest absolute Gasteiger partial charge is 0.252 e. The van der Waals surface area contributed by atoms with Crippen molar-refractivity contribution in [3.8, 4) is 0 Å². The highest BCUT2D eigenvalue weighted by molar-refractivity contribution is 7.89. The van der Waals surface area contributed by atoms with Crippen LogP contribution in [0.15, 0.2) is 52.2 Å². The maximum absolute atomic E-state index is 13.6. The fourth-order valence-electron chi connectivity index (χ4n) is 4.12. The second kappa shape index (κ2) is 8.17. The van der Waals surface area contributed by atoms with Crippen LogP contribution in [0, 0.1) is 13.8 Å². The fourth-order valence-corrected chi connectivity index (χ4v) is 6.05. The van der Waals surface area contributed by atoms with Crippen LogP contribution < -0.4 is 5.56 Å². The van der Waals surface area contributed by atoms with Crippen LogP contribution >= 0.6 is 11.6 Å². The van der Waals surface area contributed by atoms with Gasteiger partial charge in [-0.05, 0) is 67.5 Å². The van der Waals surface area contributed by atoms with E-state index in [0.717, 1.165) is 47.7 Å². The number of H-pyrrole nitrogens is 1. The molecule has 1 aromatic heterocycles. The monoisotopic (exact) mass is 444 g/mol. The Kier molecular flexibility index (Phi) is 5.75. The van der Waals surface area contributed by atoms with Crippen molar-refractivity contribution in [2.45, 2.75) is 57.0 Å². The van der Waals surface area contributed by atoms with Crippen molar-refractivity contribution in [1.82, 2.24) is 9.29 Å². The number of hydrogen-bond donors (Lipinski definition) is 1. The topological polar surface area (TPSA) is 70.2 Å². The number of aromatic amines is 1. The Bertz CT molecular complexity index is 1260. The van der Waals surface area contributed by atoms with E-state index in [2.05, 4.69) is 4.98 Å². The van der Waals surface area contributed by atoms with Gasteiger partial charge < -0.3 is 4.98 Å². The SMILES string of the molecule is Cc1ccc2cc(CN(C3CCCC3)S(=O)(=O)c3ccc(C)c(Cl)c3)c(=O)[nH]c2c1. The minimum absolute atomic E-state index is 0.0393. The van der Waals surface area contributed by atoms with Crippen LogP contribution in [0.25, 0.3) is 10.9 Å². The van der Waals surface area contributed by atoms with Crippen LogP contribution in [0.2, 0.25) is 5.02 Å². The highest BCUT2D eigenvalue weighted by Gasteiger charge is 2.34. The van der Waals surface area contributed by atoms with Gasteiger partial charge in [-0.2, -0.15) is 4.31 Å². The van der Waals surface area contributed by atoms with Crippen molar-refractivity contribution >= 4 is 32.5 Å². The summed E-state index contributed by atoms with van der Waals surface area (Å²) in [7, 11) is -3.80. The van der Waals surface area contributed by atoms with E-state index in [-0.39, 0.29) is 23.0 Å². The number of rotatable bonds is 5. The quantitative estimate of drug-likeness (QED) is 0.606. The molecule has 5 nitrogen and oxygen atoms in total. The summed E-state index contributed by atoms with van der Waals surface area (Å²) in [5, 5.41) is 1.30. The van der Waals surface area contributed by atoms with Crippen LogP contribution in [-0.2, 0) is 16.6 Å². The highest BCUT2D eigenvalue weighted by Crippen LogP contribution is 2.31. The Morgan fingerprint density at radius 3 is 2.50 bits per heavy atom. The van der Waals surface area contributed by atoms with Crippen molar-refractivity contribution < 1.29 is 8.42 Å². The standard InChI is InChI=1S/C23H25ClN2O3S/c1-15-7-9-17-12-18(23(27)25-22(17)11-15)14-26(19-5-3-4-6-19)30(28,29)20-10-8-16(2)21(24)13-20/h7-13,19H,3-6,14H2,1-2H3,(H,25,27). The highest BCUT2D eigenvalue weighted by atomic mass is 35.5. The minimum atomic E-state index is -3.80. The second-order valence-corrected chi connectivity index (χ2v) is 10.4. The van der Waals surface area contributed by atoms with Gasteiger partial charge in [-0.1, -0.05) is 42.6 Å². The van der Waals surface area contributed by atoms with Crippen LogP contribution in [0.3, 0.4) is 0 Å². The van der Waals surface area contributed by atoms with E-state index in [4.69, 9.17) is 11.6 Å². The molecule has 158 valence electrons. The number of benzene rings is 2. The van der Waals surface area contributed by atoms with Gasteiger partial charge in [0.05, 0.1) is 4.90 Å². The molecule has 1 fully saturated rings. The maximum atomic E-state index is 13.6. The van der Waals surface area contributed by atoms with Gasteiger partial charge in [0.1, 0.15) is 0 Å². The van der Waals surface area contributed by atoms with E-state index >= 15 is 0 Å². The first-order valence-corrected chi connectivity index (χ1v) is 12.0. The molecule has 0 radical (unpaired) electrons. The number of sulfonamides is 1. The van der Waals surface area contributed by atoms with Crippen LogP contribution in [-0.4, -0.2) is 23.7 Å². The molecule has 30 heavy (non-hydrogen) atoms. The number of hydrogen-bond acceptors (Lipinski definition) is 3. The van der Waals surface area contributed by atoms with E-state index in [1.165, 1.54) is 10.4 Å². The average molecular weight is 445 g/mol. The molecule has 0 unspecified atom stereocenters. The third-order valence-electron chi connectivity index (χ3n) is 5.89. The lowest BCUT2D eigenvalue weighted by Crippen LogP contribution is -2.39. The zero-order chi connectivity index (χ0) is 21.5. The first-order valence-electron chi connectivity index (χ1n) is 10.2. The molecule has 0 spiro atoms. The largest absolute Gasteiger partial charge is 0.322 e. The molecule has 0 bridgehead atoms. The molecule has 0 amide bonds. The predicted octanol–water partition coefficient (Wildman–Crippen LogP) is 4.93. The summed E-state index contributed by atoms with van der Waals surface area (Å²) in [6.07, 6.45) is 3.56. The van der Waals surface area contributed by atoms with Gasteiger partial charge in [-0.3, -0.25) is 4.79 Å². The van der Waals surface area contributed by atoms with Gasteiger partial charge in [0, 0.05) is 28.7 Å². The molecule has 1 saturated carbocycles. The Morgan fingerprint density at radius 1 is 1.07 bits per heavy atom. The average Bonchev–Trinajstić information content (AvgIpc) is 3.22. The minimum Gasteiger partial charge on any atom is -0.322 e. The summed E-state index contributed by atoms with van der Waals surface area (Å²) >= 11 is 6.21. The second-order valence-electron chi connectivity index (χ2n) is 8.11. The summed E-state index contributed by atoms with van der Waals surface area (Å²) in [6, 6.07) is 12.3. The molecule has 4 rings (SSSR count). The molecule has 0 aliphatic heterocycles. The first kappa shape index (κ1) is 21.1. The van der Waals surface area contributed by atoms with Crippen molar-refractivity contribution in [2.75, 3.05) is 0 Å². The molecule has 1 heterocycles. The van der Waals surface area contributed by atoms with Gasteiger partial charge in [-0.15, -0.1) is 0 Å². The first-order chi connectivity index (χ1) is 14.3. The number of nitrogens with zero attached hydrogens (tertiary/aromatic N) is 1. The Balaban J connectivity index is 1.77. The molecule has 1 N–H and O–H groups in total. The lowest BCUT2D eigenvalue weighted by atomic mass is 10.1. The van der Waals surface area contributed by atoms with Gasteiger partial charge in [-0.25, -0.2) is 8.42 Å². The van der Waals surface area contributed by atoms with Gasteiger partial charge in [0.15, 0.2) is 0 Å². The number of aryl methyl sites for hydroxylation is 2. The lowest BCUT2D eigenvalue weighted by molar-refractivity contribution is 0.315. The molecule has 1 aliphatic rings. The van der Waals surface area contributed by atoms with Crippen LogP contribution in [0.5, 0.6) is 0 Å². The molecule has 2 aromatic carbocycles. The zero-order valence-corrected chi connectivity index (χ0v) is 18.7. The van der Waals surface area contributed by atoms with E-state index in [1.54, 1.807) is 18.2 Å². The lowest BCUT2D eigenvalue weighted by Gasteiger charge is -2.28. The number of nitrogens with one attached hydrogen (secondary N) is 1. The molecule has 3 aromatic rings. The third kappa shape index (κ3) is 4.04.